The molecule has 3 rings (SSSR count). The Morgan fingerprint density at radius 3 is 2.31 bits per heavy atom. The average Bonchev–Trinajstić information content (AvgIpc) is 2.67. The number of hydrogen-bond donors (Lipinski definition) is 2. The van der Waals surface area contributed by atoms with Crippen molar-refractivity contribution in [2.24, 2.45) is 0 Å². The van der Waals surface area contributed by atoms with E-state index in [1.165, 1.54) is 27.5 Å². The van der Waals surface area contributed by atoms with Gasteiger partial charge in [0.05, 0.1) is 32.2 Å². The smallest absolute Gasteiger partial charge is 0.261 e. The van der Waals surface area contributed by atoms with Crippen LogP contribution in [0.15, 0.2) is 47.4 Å². The predicted molar refractivity (Wildman–Crippen MR) is 98.6 cm³/mol. The maximum Gasteiger partial charge on any atom is 0.261 e. The number of anilines is 1. The van der Waals surface area contributed by atoms with Crippen LogP contribution in [0, 0.1) is 0 Å². The van der Waals surface area contributed by atoms with Crippen molar-refractivity contribution in [3.8, 4) is 17.2 Å². The van der Waals surface area contributed by atoms with Crippen LogP contribution in [0.2, 0.25) is 0 Å². The lowest BCUT2D eigenvalue weighted by molar-refractivity contribution is 0.102. The van der Waals surface area contributed by atoms with Crippen molar-refractivity contribution in [2.75, 3.05) is 26.6 Å². The molecule has 0 aliphatic carbocycles. The first-order chi connectivity index (χ1) is 12.6. The lowest BCUT2D eigenvalue weighted by Gasteiger charge is -2.15. The summed E-state index contributed by atoms with van der Waals surface area (Å²) in [4.78, 5) is 28.4. The van der Waals surface area contributed by atoms with Gasteiger partial charge in [0.15, 0.2) is 11.5 Å². The Balaban J connectivity index is 2.16. The highest BCUT2D eigenvalue weighted by atomic mass is 16.5. The fourth-order valence-corrected chi connectivity index (χ4v) is 2.73. The standard InChI is InChI=1S/C19H18N2O5/c1-24-14-9-13-15(18(26-3)17(14)25-2)16(22)12(10-20-13)19(23)21-11-7-5-4-6-8-11/h4-10H,1-3H3,(H,20,22)(H,21,23). The third kappa shape index (κ3) is 2.95. The van der Waals surface area contributed by atoms with E-state index in [2.05, 4.69) is 10.3 Å². The lowest BCUT2D eigenvalue weighted by atomic mass is 10.1. The van der Waals surface area contributed by atoms with E-state index in [1.54, 1.807) is 30.3 Å². The first-order valence-electron chi connectivity index (χ1n) is 7.81. The van der Waals surface area contributed by atoms with E-state index in [0.717, 1.165) is 0 Å². The number of amides is 1. The van der Waals surface area contributed by atoms with Crippen molar-refractivity contribution >= 4 is 22.5 Å². The second-order valence-corrected chi connectivity index (χ2v) is 5.42. The molecule has 1 heterocycles. The third-order valence-electron chi connectivity index (χ3n) is 3.95. The molecule has 3 aromatic rings. The molecule has 2 N–H and O–H groups in total. The minimum absolute atomic E-state index is 0.0353. The first-order valence-corrected chi connectivity index (χ1v) is 7.81. The van der Waals surface area contributed by atoms with Crippen LogP contribution < -0.4 is 25.0 Å². The molecule has 0 aliphatic heterocycles. The van der Waals surface area contributed by atoms with Gasteiger partial charge in [0.1, 0.15) is 5.56 Å². The summed E-state index contributed by atoms with van der Waals surface area (Å²) in [6.07, 6.45) is 1.37. The van der Waals surface area contributed by atoms with E-state index < -0.39 is 11.3 Å². The highest BCUT2D eigenvalue weighted by molar-refractivity contribution is 6.06. The van der Waals surface area contributed by atoms with Crippen LogP contribution >= 0.6 is 0 Å². The molecule has 0 bridgehead atoms. The first kappa shape index (κ1) is 17.3. The molecule has 2 aromatic carbocycles. The molecule has 0 aliphatic rings. The molecule has 7 nitrogen and oxygen atoms in total. The Kier molecular flexibility index (Phi) is 4.79. The summed E-state index contributed by atoms with van der Waals surface area (Å²) < 4.78 is 16.0. The molecule has 0 atom stereocenters. The van der Waals surface area contributed by atoms with E-state index >= 15 is 0 Å². The molecule has 0 saturated carbocycles. The monoisotopic (exact) mass is 354 g/mol. The second-order valence-electron chi connectivity index (χ2n) is 5.42. The van der Waals surface area contributed by atoms with Gasteiger partial charge >= 0.3 is 0 Å². The van der Waals surface area contributed by atoms with Crippen LogP contribution in [-0.4, -0.2) is 32.2 Å². The molecular formula is C19H18N2O5. The molecule has 0 radical (unpaired) electrons. The Labute approximate surface area is 149 Å². The van der Waals surface area contributed by atoms with Crippen molar-refractivity contribution in [1.82, 2.24) is 4.98 Å². The number of H-pyrrole nitrogens is 1. The molecule has 0 unspecified atom stereocenters. The number of aromatic amines is 1. The number of rotatable bonds is 5. The number of hydrogen-bond acceptors (Lipinski definition) is 5. The van der Waals surface area contributed by atoms with Gasteiger partial charge in [-0.15, -0.1) is 0 Å². The van der Waals surface area contributed by atoms with Gasteiger partial charge in [0.2, 0.25) is 11.2 Å². The quantitative estimate of drug-likeness (QED) is 0.735. The molecule has 1 amide bonds. The number of carbonyl (C=O) groups is 1. The van der Waals surface area contributed by atoms with E-state index in [4.69, 9.17) is 14.2 Å². The van der Waals surface area contributed by atoms with Crippen molar-refractivity contribution in [2.45, 2.75) is 0 Å². The van der Waals surface area contributed by atoms with E-state index in [1.807, 2.05) is 6.07 Å². The van der Waals surface area contributed by atoms with E-state index in [-0.39, 0.29) is 22.4 Å². The minimum atomic E-state index is -0.517. The zero-order chi connectivity index (χ0) is 18.7. The molecular weight excluding hydrogens is 336 g/mol. The maximum absolute atomic E-state index is 13.0. The van der Waals surface area contributed by atoms with Crippen LogP contribution in [0.4, 0.5) is 5.69 Å². The van der Waals surface area contributed by atoms with Crippen LogP contribution in [0.1, 0.15) is 10.4 Å². The topological polar surface area (TPSA) is 89.7 Å². The number of aromatic nitrogens is 1. The van der Waals surface area contributed by atoms with Gasteiger partial charge < -0.3 is 24.5 Å². The third-order valence-corrected chi connectivity index (χ3v) is 3.95. The van der Waals surface area contributed by atoms with Crippen LogP contribution in [0.5, 0.6) is 17.2 Å². The van der Waals surface area contributed by atoms with Crippen LogP contribution in [0.3, 0.4) is 0 Å². The average molecular weight is 354 g/mol. The molecule has 0 saturated heterocycles. The Hall–Kier alpha value is -3.48. The highest BCUT2D eigenvalue weighted by Crippen LogP contribution is 2.41. The van der Waals surface area contributed by atoms with Gasteiger partial charge in [-0.2, -0.15) is 0 Å². The molecule has 7 heteroatoms. The number of ether oxygens (including phenoxy) is 3. The number of methoxy groups -OCH3 is 3. The second kappa shape index (κ2) is 7.18. The van der Waals surface area contributed by atoms with Gasteiger partial charge in [-0.1, -0.05) is 18.2 Å². The summed E-state index contributed by atoms with van der Waals surface area (Å²) in [5.41, 5.74) is 0.564. The summed E-state index contributed by atoms with van der Waals surface area (Å²) in [6.45, 7) is 0. The van der Waals surface area contributed by atoms with Crippen molar-refractivity contribution in [1.29, 1.82) is 0 Å². The summed E-state index contributed by atoms with van der Waals surface area (Å²) in [6, 6.07) is 10.5. The van der Waals surface area contributed by atoms with E-state index in [0.29, 0.717) is 17.0 Å². The minimum Gasteiger partial charge on any atom is -0.493 e. The Morgan fingerprint density at radius 2 is 1.69 bits per heavy atom. The number of para-hydroxylation sites is 1. The van der Waals surface area contributed by atoms with Crippen molar-refractivity contribution < 1.29 is 19.0 Å². The van der Waals surface area contributed by atoms with Gasteiger partial charge in [0.25, 0.3) is 5.91 Å². The van der Waals surface area contributed by atoms with Gasteiger partial charge in [-0.05, 0) is 12.1 Å². The van der Waals surface area contributed by atoms with Crippen LogP contribution in [0.25, 0.3) is 10.9 Å². The van der Waals surface area contributed by atoms with Crippen molar-refractivity contribution in [3.63, 3.8) is 0 Å². The van der Waals surface area contributed by atoms with Gasteiger partial charge in [-0.3, -0.25) is 9.59 Å². The van der Waals surface area contributed by atoms with E-state index in [9.17, 15) is 9.59 Å². The molecule has 0 fully saturated rings. The Bertz CT molecular complexity index is 1010. The van der Waals surface area contributed by atoms with Crippen molar-refractivity contribution in [3.05, 3.63) is 58.4 Å². The fourth-order valence-electron chi connectivity index (χ4n) is 2.73. The zero-order valence-electron chi connectivity index (χ0n) is 14.6. The summed E-state index contributed by atoms with van der Waals surface area (Å²) >= 11 is 0. The lowest BCUT2D eigenvalue weighted by Crippen LogP contribution is -2.22. The maximum atomic E-state index is 13.0. The molecule has 134 valence electrons. The largest absolute Gasteiger partial charge is 0.493 e. The number of fused-ring (bicyclic) bond motifs is 1. The predicted octanol–water partition coefficient (Wildman–Crippen LogP) is 2.81. The summed E-state index contributed by atoms with van der Waals surface area (Å²) in [5, 5.41) is 2.91. The highest BCUT2D eigenvalue weighted by Gasteiger charge is 2.22. The summed E-state index contributed by atoms with van der Waals surface area (Å²) in [7, 11) is 4.36. The number of pyridine rings is 1. The normalized spacial score (nSPS) is 10.4. The Morgan fingerprint density at radius 1 is 1.00 bits per heavy atom. The molecule has 26 heavy (non-hydrogen) atoms. The summed E-state index contributed by atoms with van der Waals surface area (Å²) in [5.74, 6) is 0.385. The number of nitrogens with one attached hydrogen (secondary N) is 2. The van der Waals surface area contributed by atoms with Crippen LogP contribution in [-0.2, 0) is 0 Å². The number of carbonyl (C=O) groups excluding carboxylic acids is 1. The zero-order valence-corrected chi connectivity index (χ0v) is 14.6. The fraction of sp³-hybridized carbons (Fsp3) is 0.158. The molecule has 1 aromatic heterocycles. The SMILES string of the molecule is COc1cc2[nH]cc(C(=O)Nc3ccccc3)c(=O)c2c(OC)c1OC. The van der Waals surface area contributed by atoms with Gasteiger partial charge in [0, 0.05) is 18.0 Å². The van der Waals surface area contributed by atoms with Gasteiger partial charge in [-0.25, -0.2) is 0 Å². The molecule has 0 spiro atoms. The number of benzene rings is 2.